The molecule has 0 spiro atoms. The Labute approximate surface area is 117 Å². The summed E-state index contributed by atoms with van der Waals surface area (Å²) >= 11 is 0. The van der Waals surface area contributed by atoms with Gasteiger partial charge < -0.3 is 5.32 Å². The van der Waals surface area contributed by atoms with Crippen LogP contribution in [0, 0.1) is 5.92 Å². The first-order valence-electron chi connectivity index (χ1n) is 8.08. The lowest BCUT2D eigenvalue weighted by Crippen LogP contribution is -2.39. The fourth-order valence-electron chi connectivity index (χ4n) is 4.12. The van der Waals surface area contributed by atoms with Gasteiger partial charge in [-0.25, -0.2) is 0 Å². The van der Waals surface area contributed by atoms with Gasteiger partial charge in [-0.2, -0.15) is 0 Å². The third-order valence-corrected chi connectivity index (χ3v) is 5.45. The van der Waals surface area contributed by atoms with Crippen LogP contribution in [0.5, 0.6) is 0 Å². The molecule has 1 aromatic rings. The Bertz CT molecular complexity index is 387. The minimum Gasteiger partial charge on any atom is -0.316 e. The third kappa shape index (κ3) is 2.72. The molecule has 3 rings (SSSR count). The zero-order valence-corrected chi connectivity index (χ0v) is 12.2. The minimum atomic E-state index is 0.452. The van der Waals surface area contributed by atoms with E-state index in [0.717, 1.165) is 5.92 Å². The van der Waals surface area contributed by atoms with Crippen molar-refractivity contribution < 1.29 is 0 Å². The van der Waals surface area contributed by atoms with Crippen LogP contribution in [0.15, 0.2) is 30.3 Å². The van der Waals surface area contributed by atoms with Crippen molar-refractivity contribution in [3.8, 4) is 0 Å². The lowest BCUT2D eigenvalue weighted by molar-refractivity contribution is 0.278. The molecule has 0 aromatic heterocycles. The van der Waals surface area contributed by atoms with Crippen LogP contribution in [0.2, 0.25) is 0 Å². The number of benzene rings is 1. The first-order chi connectivity index (χ1) is 9.35. The highest BCUT2D eigenvalue weighted by atomic mass is 14.9. The number of nitrogens with one attached hydrogen (secondary N) is 1. The average molecular weight is 257 g/mol. The van der Waals surface area contributed by atoms with Gasteiger partial charge in [0.2, 0.25) is 0 Å². The third-order valence-electron chi connectivity index (χ3n) is 5.45. The normalized spacial score (nSPS) is 24.1. The summed E-state index contributed by atoms with van der Waals surface area (Å²) in [4.78, 5) is 0. The van der Waals surface area contributed by atoms with Crippen molar-refractivity contribution in [3.05, 3.63) is 35.9 Å². The first-order valence-corrected chi connectivity index (χ1v) is 8.08. The minimum absolute atomic E-state index is 0.452. The second kappa shape index (κ2) is 5.66. The molecule has 19 heavy (non-hydrogen) atoms. The van der Waals surface area contributed by atoms with Crippen LogP contribution in [0.4, 0.5) is 0 Å². The van der Waals surface area contributed by atoms with Gasteiger partial charge in [0.05, 0.1) is 0 Å². The summed E-state index contributed by atoms with van der Waals surface area (Å²) in [6.45, 7) is 0. The van der Waals surface area contributed by atoms with Crippen molar-refractivity contribution >= 4 is 0 Å². The SMILES string of the molecule is CNC(CC1CCCCC1)C1(c2ccccc2)CC1. The summed E-state index contributed by atoms with van der Waals surface area (Å²) in [7, 11) is 2.16. The molecule has 1 atom stereocenters. The van der Waals surface area contributed by atoms with E-state index in [0.29, 0.717) is 11.5 Å². The molecule has 0 heterocycles. The molecule has 0 saturated heterocycles. The molecular formula is C18H27N. The maximum Gasteiger partial charge on any atom is 0.0164 e. The van der Waals surface area contributed by atoms with Gasteiger partial charge in [0.1, 0.15) is 0 Å². The molecule has 0 radical (unpaired) electrons. The van der Waals surface area contributed by atoms with E-state index in [9.17, 15) is 0 Å². The van der Waals surface area contributed by atoms with Crippen LogP contribution in [0.3, 0.4) is 0 Å². The van der Waals surface area contributed by atoms with Gasteiger partial charge in [0.15, 0.2) is 0 Å². The Hall–Kier alpha value is -0.820. The molecule has 1 N–H and O–H groups in total. The Balaban J connectivity index is 1.71. The second-order valence-electron chi connectivity index (χ2n) is 6.60. The number of rotatable bonds is 5. The van der Waals surface area contributed by atoms with Crippen molar-refractivity contribution in [2.45, 2.75) is 62.8 Å². The Morgan fingerprint density at radius 2 is 1.79 bits per heavy atom. The topological polar surface area (TPSA) is 12.0 Å². The van der Waals surface area contributed by atoms with Crippen molar-refractivity contribution in [2.24, 2.45) is 5.92 Å². The van der Waals surface area contributed by atoms with Gasteiger partial charge in [0, 0.05) is 11.5 Å². The highest BCUT2D eigenvalue weighted by Gasteiger charge is 2.50. The van der Waals surface area contributed by atoms with Gasteiger partial charge in [-0.3, -0.25) is 0 Å². The summed E-state index contributed by atoms with van der Waals surface area (Å²) < 4.78 is 0. The van der Waals surface area contributed by atoms with E-state index in [4.69, 9.17) is 0 Å². The lowest BCUT2D eigenvalue weighted by Gasteiger charge is -2.32. The molecule has 2 aliphatic carbocycles. The standard InChI is InChI=1S/C18H27N/c1-19-17(14-15-8-4-2-5-9-15)18(12-13-18)16-10-6-3-7-11-16/h3,6-7,10-11,15,17,19H,2,4-5,8-9,12-14H2,1H3. The molecule has 2 aliphatic rings. The van der Waals surface area contributed by atoms with Gasteiger partial charge >= 0.3 is 0 Å². The van der Waals surface area contributed by atoms with E-state index in [1.165, 1.54) is 51.4 Å². The molecule has 0 amide bonds. The van der Waals surface area contributed by atoms with E-state index in [1.807, 2.05) is 0 Å². The zero-order chi connectivity index (χ0) is 13.1. The van der Waals surface area contributed by atoms with Crippen LogP contribution < -0.4 is 5.32 Å². The predicted octanol–water partition coefficient (Wildman–Crippen LogP) is 4.28. The fourth-order valence-corrected chi connectivity index (χ4v) is 4.12. The summed E-state index contributed by atoms with van der Waals surface area (Å²) in [5.74, 6) is 0.965. The van der Waals surface area contributed by atoms with E-state index >= 15 is 0 Å². The summed E-state index contributed by atoms with van der Waals surface area (Å²) in [6.07, 6.45) is 11.4. The maximum atomic E-state index is 3.65. The molecule has 0 bridgehead atoms. The molecule has 1 heteroatoms. The van der Waals surface area contributed by atoms with Crippen LogP contribution in [-0.4, -0.2) is 13.1 Å². The largest absolute Gasteiger partial charge is 0.316 e. The zero-order valence-electron chi connectivity index (χ0n) is 12.2. The predicted molar refractivity (Wildman–Crippen MR) is 81.4 cm³/mol. The molecular weight excluding hydrogens is 230 g/mol. The van der Waals surface area contributed by atoms with Crippen molar-refractivity contribution in [1.82, 2.24) is 5.32 Å². The van der Waals surface area contributed by atoms with Crippen molar-refractivity contribution in [2.75, 3.05) is 7.05 Å². The second-order valence-corrected chi connectivity index (χ2v) is 6.60. The van der Waals surface area contributed by atoms with Gasteiger partial charge in [-0.05, 0) is 37.8 Å². The molecule has 1 unspecified atom stereocenters. The fraction of sp³-hybridized carbons (Fsp3) is 0.667. The Morgan fingerprint density at radius 1 is 1.11 bits per heavy atom. The summed E-state index contributed by atoms with van der Waals surface area (Å²) in [6, 6.07) is 11.9. The molecule has 2 fully saturated rings. The smallest absolute Gasteiger partial charge is 0.0164 e. The molecule has 2 saturated carbocycles. The van der Waals surface area contributed by atoms with E-state index < -0.39 is 0 Å². The van der Waals surface area contributed by atoms with E-state index in [-0.39, 0.29) is 0 Å². The van der Waals surface area contributed by atoms with Crippen LogP contribution in [0.1, 0.15) is 56.9 Å². The van der Waals surface area contributed by atoms with Gasteiger partial charge in [-0.1, -0.05) is 62.4 Å². The van der Waals surface area contributed by atoms with Crippen molar-refractivity contribution in [1.29, 1.82) is 0 Å². The summed E-state index contributed by atoms with van der Waals surface area (Å²) in [5, 5.41) is 3.65. The lowest BCUT2D eigenvalue weighted by atomic mass is 9.78. The van der Waals surface area contributed by atoms with Crippen LogP contribution in [-0.2, 0) is 5.41 Å². The number of hydrogen-bond donors (Lipinski definition) is 1. The van der Waals surface area contributed by atoms with E-state index in [1.54, 1.807) is 5.56 Å². The number of hydrogen-bond acceptors (Lipinski definition) is 1. The Kier molecular flexibility index (Phi) is 3.93. The highest BCUT2D eigenvalue weighted by Crippen LogP contribution is 2.52. The van der Waals surface area contributed by atoms with E-state index in [2.05, 4.69) is 42.7 Å². The monoisotopic (exact) mass is 257 g/mol. The summed E-state index contributed by atoms with van der Waals surface area (Å²) in [5.41, 5.74) is 2.01. The van der Waals surface area contributed by atoms with Gasteiger partial charge in [-0.15, -0.1) is 0 Å². The van der Waals surface area contributed by atoms with Crippen molar-refractivity contribution in [3.63, 3.8) is 0 Å². The van der Waals surface area contributed by atoms with Gasteiger partial charge in [0.25, 0.3) is 0 Å². The average Bonchev–Trinajstić information content (AvgIpc) is 3.28. The first kappa shape index (κ1) is 13.2. The quantitative estimate of drug-likeness (QED) is 0.830. The highest BCUT2D eigenvalue weighted by molar-refractivity contribution is 5.33. The van der Waals surface area contributed by atoms with Crippen LogP contribution >= 0.6 is 0 Å². The number of likely N-dealkylation sites (N-methyl/N-ethyl adjacent to an activating group) is 1. The maximum absolute atomic E-state index is 3.65. The molecule has 0 aliphatic heterocycles. The Morgan fingerprint density at radius 3 is 2.37 bits per heavy atom. The molecule has 104 valence electrons. The molecule has 1 nitrogen and oxygen atoms in total. The molecule has 1 aromatic carbocycles. The van der Waals surface area contributed by atoms with Crippen LogP contribution in [0.25, 0.3) is 0 Å².